The molecule has 0 bridgehead atoms. The Bertz CT molecular complexity index is 1070. The number of hydrazone groups is 1. The Morgan fingerprint density at radius 2 is 1.84 bits per heavy atom. The van der Waals surface area contributed by atoms with Crippen molar-refractivity contribution in [2.75, 3.05) is 36.7 Å². The van der Waals surface area contributed by atoms with Crippen molar-refractivity contribution in [2.45, 2.75) is 40.0 Å². The minimum absolute atomic E-state index is 0. The average Bonchev–Trinajstić information content (AvgIpc) is 2.85. The number of amidine groups is 1. The molecule has 0 spiro atoms. The molecule has 0 saturated carbocycles. The predicted molar refractivity (Wildman–Crippen MR) is 142 cm³/mol. The topological polar surface area (TPSA) is 76.5 Å². The van der Waals surface area contributed by atoms with Gasteiger partial charge in [-0.25, -0.2) is 8.78 Å². The normalized spacial score (nSPS) is 12.4. The fourth-order valence-electron chi connectivity index (χ4n) is 3.42. The first-order chi connectivity index (χ1) is 16.7. The zero-order valence-electron chi connectivity index (χ0n) is 21.8. The smallest absolute Gasteiger partial charge is 0.258 e. The van der Waals surface area contributed by atoms with Crippen molar-refractivity contribution < 1.29 is 43.9 Å². The van der Waals surface area contributed by atoms with Crippen LogP contribution in [0, 0.1) is 19.1 Å². The SMILES string of the molecule is CCCC.CCN(C=O)/C(CO)=N\N(C)c1cc2c(cc1F)C(=O)N(c1c(F)cccc1Cl)CC2.[CH3-].[Re]. The van der Waals surface area contributed by atoms with Gasteiger partial charge in [-0.05, 0) is 43.2 Å². The van der Waals surface area contributed by atoms with Crippen molar-refractivity contribution in [3.8, 4) is 0 Å². The third kappa shape index (κ3) is 8.31. The van der Waals surface area contributed by atoms with Crippen LogP contribution >= 0.6 is 11.6 Å². The summed E-state index contributed by atoms with van der Waals surface area (Å²) in [7, 11) is 1.47. The molecule has 1 radical (unpaired) electrons. The number of halogens is 3. The van der Waals surface area contributed by atoms with Gasteiger partial charge in [0.2, 0.25) is 6.41 Å². The third-order valence-corrected chi connectivity index (χ3v) is 5.82. The van der Waals surface area contributed by atoms with E-state index in [1.54, 1.807) is 6.92 Å². The van der Waals surface area contributed by atoms with Crippen molar-refractivity contribution >= 4 is 41.1 Å². The van der Waals surface area contributed by atoms with Crippen LogP contribution in [0.25, 0.3) is 0 Å². The number of hydrogen-bond donors (Lipinski definition) is 1. The minimum Gasteiger partial charge on any atom is -0.388 e. The van der Waals surface area contributed by atoms with Crippen LogP contribution in [0.4, 0.5) is 20.2 Å². The molecule has 3 rings (SSSR count). The van der Waals surface area contributed by atoms with E-state index in [1.165, 1.54) is 59.0 Å². The van der Waals surface area contributed by atoms with Crippen molar-refractivity contribution in [2.24, 2.45) is 5.10 Å². The van der Waals surface area contributed by atoms with Crippen molar-refractivity contribution in [3.05, 3.63) is 65.5 Å². The van der Waals surface area contributed by atoms with E-state index in [4.69, 9.17) is 11.6 Å². The number of aliphatic hydroxyl groups excluding tert-OH is 1. The van der Waals surface area contributed by atoms with E-state index in [0.717, 1.165) is 6.07 Å². The molecule has 37 heavy (non-hydrogen) atoms. The monoisotopic (exact) mass is 710 g/mol. The maximum absolute atomic E-state index is 14.9. The molecule has 1 aliphatic rings. The number of hydrogen-bond acceptors (Lipinski definition) is 5. The number of nitrogens with zero attached hydrogens (tertiary/aromatic N) is 4. The van der Waals surface area contributed by atoms with Crippen molar-refractivity contribution in [3.63, 3.8) is 0 Å². The van der Waals surface area contributed by atoms with Gasteiger partial charge >= 0.3 is 0 Å². The van der Waals surface area contributed by atoms with Gasteiger partial charge in [0.25, 0.3) is 5.91 Å². The van der Waals surface area contributed by atoms with E-state index >= 15 is 0 Å². The quantitative estimate of drug-likeness (QED) is 0.139. The number of aliphatic hydroxyl groups is 1. The number of amides is 2. The summed E-state index contributed by atoms with van der Waals surface area (Å²) in [6.45, 7) is 6.01. The van der Waals surface area contributed by atoms with Gasteiger partial charge in [-0.2, -0.15) is 5.10 Å². The Morgan fingerprint density at radius 3 is 2.35 bits per heavy atom. The molecule has 2 amide bonds. The molecule has 0 unspecified atom stereocenters. The molecule has 2 aromatic rings. The molecular formula is C26H34ClF2N4O3Re-. The van der Waals surface area contributed by atoms with Gasteiger partial charge in [-0.1, -0.05) is 44.4 Å². The summed E-state index contributed by atoms with van der Waals surface area (Å²) in [5.41, 5.74) is 0.707. The number of anilines is 2. The van der Waals surface area contributed by atoms with E-state index in [0.29, 0.717) is 18.4 Å². The number of unbranched alkanes of at least 4 members (excludes halogenated alkanes) is 1. The molecule has 1 N–H and O–H groups in total. The number of likely N-dealkylation sites (N-methyl/N-ethyl adjacent to an activating group) is 1. The Morgan fingerprint density at radius 1 is 1.19 bits per heavy atom. The molecule has 1 heterocycles. The zero-order valence-corrected chi connectivity index (χ0v) is 25.2. The van der Waals surface area contributed by atoms with Gasteiger partial charge in [0.15, 0.2) is 5.84 Å². The van der Waals surface area contributed by atoms with Crippen molar-refractivity contribution in [1.82, 2.24) is 4.90 Å². The summed E-state index contributed by atoms with van der Waals surface area (Å²) in [5, 5.41) is 14.9. The van der Waals surface area contributed by atoms with Gasteiger partial charge in [-0.15, -0.1) is 0 Å². The first kappa shape index (κ1) is 34.6. The largest absolute Gasteiger partial charge is 0.388 e. The van der Waals surface area contributed by atoms with E-state index in [9.17, 15) is 23.5 Å². The molecule has 0 saturated heterocycles. The fourth-order valence-corrected chi connectivity index (χ4v) is 3.69. The van der Waals surface area contributed by atoms with Gasteiger partial charge in [0, 0.05) is 46.1 Å². The molecule has 11 heteroatoms. The first-order valence-electron chi connectivity index (χ1n) is 11.5. The van der Waals surface area contributed by atoms with Crippen LogP contribution < -0.4 is 9.91 Å². The number of fused-ring (bicyclic) bond motifs is 1. The zero-order chi connectivity index (χ0) is 26.1. The first-order valence-corrected chi connectivity index (χ1v) is 11.8. The van der Waals surface area contributed by atoms with E-state index in [1.807, 2.05) is 0 Å². The number of carbonyl (C=O) groups is 2. The van der Waals surface area contributed by atoms with Crippen LogP contribution in [0.2, 0.25) is 5.02 Å². The second-order valence-corrected chi connectivity index (χ2v) is 8.23. The van der Waals surface area contributed by atoms with Gasteiger partial charge < -0.3 is 17.4 Å². The predicted octanol–water partition coefficient (Wildman–Crippen LogP) is 5.30. The molecule has 7 nitrogen and oxygen atoms in total. The molecule has 2 aromatic carbocycles. The standard InChI is InChI=1S/C21H21ClF2N4O3.C4H10.CH3.Re/c1-3-27(12-30)19(11-29)25-26(2)18-9-13-7-8-28(21(31)14(13)10-17(18)24)20-15(22)5-4-6-16(20)23;1-3-4-2;;/h4-6,9-10,12,29H,3,7-8,11H2,1-2H3;3-4H2,1-2H3;1H3;/q;;-1;/b25-19-;;;. The van der Waals surface area contributed by atoms with Gasteiger partial charge in [0.1, 0.15) is 18.2 Å². The van der Waals surface area contributed by atoms with Gasteiger partial charge in [-0.3, -0.25) is 19.5 Å². The summed E-state index contributed by atoms with van der Waals surface area (Å²) in [6.07, 6.45) is 3.51. The Labute approximate surface area is 236 Å². The van der Waals surface area contributed by atoms with E-state index < -0.39 is 24.1 Å². The average molecular weight is 710 g/mol. The number of para-hydroxylation sites is 1. The molecular weight excluding hydrogens is 676 g/mol. The minimum atomic E-state index is -0.730. The van der Waals surface area contributed by atoms with Crippen molar-refractivity contribution in [1.29, 1.82) is 0 Å². The number of carbonyl (C=O) groups excluding carboxylic acids is 2. The summed E-state index contributed by atoms with van der Waals surface area (Å²) < 4.78 is 29.2. The maximum Gasteiger partial charge on any atom is 0.258 e. The Balaban J connectivity index is 0.00000201. The third-order valence-electron chi connectivity index (χ3n) is 5.52. The summed E-state index contributed by atoms with van der Waals surface area (Å²) in [4.78, 5) is 26.5. The fraction of sp³-hybridized carbons (Fsp3) is 0.385. The number of benzene rings is 2. The molecule has 0 aliphatic carbocycles. The van der Waals surface area contributed by atoms with E-state index in [-0.39, 0.29) is 68.7 Å². The van der Waals surface area contributed by atoms with Crippen LogP contribution in [-0.2, 0) is 31.6 Å². The number of rotatable bonds is 7. The van der Waals surface area contributed by atoms with Crippen LogP contribution in [0.5, 0.6) is 0 Å². The van der Waals surface area contributed by atoms with Crippen LogP contribution in [-0.4, -0.2) is 54.9 Å². The molecule has 0 atom stereocenters. The molecule has 205 valence electrons. The molecule has 0 aromatic heterocycles. The summed E-state index contributed by atoms with van der Waals surface area (Å²) in [5.74, 6) is -1.87. The maximum atomic E-state index is 14.9. The van der Waals surface area contributed by atoms with Crippen LogP contribution in [0.1, 0.15) is 49.5 Å². The second-order valence-electron chi connectivity index (χ2n) is 7.83. The van der Waals surface area contributed by atoms with Crippen LogP contribution in [0.15, 0.2) is 35.4 Å². The second kappa shape index (κ2) is 16.5. The van der Waals surface area contributed by atoms with Gasteiger partial charge in [0.05, 0.1) is 16.4 Å². The van der Waals surface area contributed by atoms with Crippen LogP contribution in [0.3, 0.4) is 0 Å². The summed E-state index contributed by atoms with van der Waals surface area (Å²) in [6, 6.07) is 6.70. The Hall–Kier alpha value is -2.38. The van der Waals surface area contributed by atoms with E-state index in [2.05, 4.69) is 18.9 Å². The Kier molecular flexibility index (Phi) is 15.4. The summed E-state index contributed by atoms with van der Waals surface area (Å²) >= 11 is 6.09. The molecule has 1 aliphatic heterocycles. The molecule has 0 fully saturated rings.